The highest BCUT2D eigenvalue weighted by Gasteiger charge is 2.42. The number of nitrogens with one attached hydrogen (secondary N) is 2. The number of anilines is 1. The van der Waals surface area contributed by atoms with E-state index in [1.807, 2.05) is 0 Å². The Bertz CT molecular complexity index is 553. The average molecular weight is 300 g/mol. The molecule has 3 atom stereocenters. The van der Waals surface area contributed by atoms with E-state index in [0.717, 1.165) is 31.4 Å². The normalized spacial score (nSPS) is 27.1. The zero-order valence-corrected chi connectivity index (χ0v) is 11.1. The van der Waals surface area contributed by atoms with E-state index < -0.39 is 18.2 Å². The van der Waals surface area contributed by atoms with Crippen LogP contribution in [0, 0.1) is 11.7 Å². The van der Waals surface area contributed by atoms with Gasteiger partial charge in [-0.25, -0.2) is 4.39 Å². The van der Waals surface area contributed by atoms with Crippen molar-refractivity contribution in [1.82, 2.24) is 5.32 Å². The minimum Gasteiger partial charge on any atom is -0.432 e. The van der Waals surface area contributed by atoms with Crippen molar-refractivity contribution >= 4 is 11.6 Å². The number of halogens is 3. The van der Waals surface area contributed by atoms with Crippen molar-refractivity contribution in [2.75, 3.05) is 5.32 Å². The van der Waals surface area contributed by atoms with Crippen LogP contribution in [0.2, 0.25) is 0 Å². The van der Waals surface area contributed by atoms with Crippen molar-refractivity contribution in [3.05, 3.63) is 24.0 Å². The number of rotatable bonds is 4. The number of fused-ring (bicyclic) bond motifs is 2. The number of ether oxygens (including phenoxy) is 1. The molecule has 1 aromatic rings. The summed E-state index contributed by atoms with van der Waals surface area (Å²) in [6, 6.07) is 3.98. The van der Waals surface area contributed by atoms with E-state index >= 15 is 0 Å². The third-order valence-electron chi connectivity index (χ3n) is 4.05. The molecule has 2 saturated heterocycles. The van der Waals surface area contributed by atoms with E-state index in [1.165, 1.54) is 6.07 Å². The molecular weight excluding hydrogens is 285 g/mol. The molecule has 0 aliphatic carbocycles. The molecule has 0 spiro atoms. The first-order valence-corrected chi connectivity index (χ1v) is 6.84. The topological polar surface area (TPSA) is 50.4 Å². The van der Waals surface area contributed by atoms with Gasteiger partial charge in [-0.2, -0.15) is 8.78 Å². The van der Waals surface area contributed by atoms with E-state index in [-0.39, 0.29) is 23.6 Å². The van der Waals surface area contributed by atoms with Crippen molar-refractivity contribution in [2.45, 2.75) is 38.0 Å². The molecule has 2 bridgehead atoms. The largest absolute Gasteiger partial charge is 0.432 e. The van der Waals surface area contributed by atoms with E-state index in [9.17, 15) is 18.0 Å². The van der Waals surface area contributed by atoms with Gasteiger partial charge >= 0.3 is 6.61 Å². The van der Waals surface area contributed by atoms with Gasteiger partial charge in [0.25, 0.3) is 0 Å². The summed E-state index contributed by atoms with van der Waals surface area (Å²) in [5.74, 6) is -1.76. The van der Waals surface area contributed by atoms with Crippen molar-refractivity contribution in [3.8, 4) is 5.75 Å². The number of carbonyl (C=O) groups is 1. The Labute approximate surface area is 119 Å². The van der Waals surface area contributed by atoms with E-state index in [0.29, 0.717) is 6.04 Å². The molecule has 0 radical (unpaired) electrons. The van der Waals surface area contributed by atoms with Gasteiger partial charge in [-0.15, -0.1) is 0 Å². The minimum atomic E-state index is -3.08. The number of hydrogen-bond donors (Lipinski definition) is 2. The fourth-order valence-corrected chi connectivity index (χ4v) is 3.12. The SMILES string of the molecule is O=C(Nc1ccc(OC(F)F)c(F)c1)C1CC2CCC1N2. The van der Waals surface area contributed by atoms with Gasteiger partial charge in [-0.3, -0.25) is 4.79 Å². The minimum absolute atomic E-state index is 0.121. The molecule has 0 saturated carbocycles. The van der Waals surface area contributed by atoms with Crippen LogP contribution in [0.3, 0.4) is 0 Å². The van der Waals surface area contributed by atoms with E-state index in [4.69, 9.17) is 0 Å². The second-order valence-corrected chi connectivity index (χ2v) is 5.40. The van der Waals surface area contributed by atoms with Crippen LogP contribution in [-0.4, -0.2) is 24.6 Å². The Morgan fingerprint density at radius 2 is 2.19 bits per heavy atom. The number of benzene rings is 1. The van der Waals surface area contributed by atoms with Gasteiger partial charge < -0.3 is 15.4 Å². The lowest BCUT2D eigenvalue weighted by atomic mass is 9.88. The van der Waals surface area contributed by atoms with Gasteiger partial charge in [-0.1, -0.05) is 0 Å². The highest BCUT2D eigenvalue weighted by Crippen LogP contribution is 2.34. The predicted molar refractivity (Wildman–Crippen MR) is 69.7 cm³/mol. The smallest absolute Gasteiger partial charge is 0.387 e. The third-order valence-corrected chi connectivity index (χ3v) is 4.05. The quantitative estimate of drug-likeness (QED) is 0.898. The second kappa shape index (κ2) is 5.55. The molecule has 7 heteroatoms. The maximum Gasteiger partial charge on any atom is 0.387 e. The second-order valence-electron chi connectivity index (χ2n) is 5.40. The van der Waals surface area contributed by atoms with Crippen molar-refractivity contribution in [3.63, 3.8) is 0 Å². The highest BCUT2D eigenvalue weighted by atomic mass is 19.3. The zero-order chi connectivity index (χ0) is 15.0. The number of amides is 1. The monoisotopic (exact) mass is 300 g/mol. The van der Waals surface area contributed by atoms with Gasteiger partial charge in [0, 0.05) is 23.8 Å². The van der Waals surface area contributed by atoms with Crippen molar-refractivity contribution in [2.24, 2.45) is 5.92 Å². The molecule has 3 unspecified atom stereocenters. The first kappa shape index (κ1) is 14.2. The third kappa shape index (κ3) is 2.97. The van der Waals surface area contributed by atoms with Gasteiger partial charge in [0.15, 0.2) is 11.6 Å². The average Bonchev–Trinajstić information content (AvgIpc) is 3.04. The first-order chi connectivity index (χ1) is 10.0. The lowest BCUT2D eigenvalue weighted by molar-refractivity contribution is -0.120. The molecule has 2 aliphatic rings. The summed E-state index contributed by atoms with van der Waals surface area (Å²) >= 11 is 0. The maximum absolute atomic E-state index is 13.6. The van der Waals surface area contributed by atoms with Crippen molar-refractivity contribution < 1.29 is 22.7 Å². The molecule has 2 N–H and O–H groups in total. The van der Waals surface area contributed by atoms with Crippen LogP contribution < -0.4 is 15.4 Å². The molecule has 2 heterocycles. The summed E-state index contributed by atoms with van der Waals surface area (Å²) in [7, 11) is 0. The van der Waals surface area contributed by atoms with Crippen LogP contribution in [0.5, 0.6) is 5.75 Å². The summed E-state index contributed by atoms with van der Waals surface area (Å²) < 4.78 is 41.7. The molecule has 114 valence electrons. The number of carbonyl (C=O) groups excluding carboxylic acids is 1. The molecule has 2 fully saturated rings. The summed E-state index contributed by atoms with van der Waals surface area (Å²) in [5.41, 5.74) is 0.238. The summed E-state index contributed by atoms with van der Waals surface area (Å²) in [6.07, 6.45) is 2.84. The van der Waals surface area contributed by atoms with Crippen LogP contribution in [0.25, 0.3) is 0 Å². The fourth-order valence-electron chi connectivity index (χ4n) is 3.12. The van der Waals surface area contributed by atoms with Crippen molar-refractivity contribution in [1.29, 1.82) is 0 Å². The standard InChI is InChI=1S/C14H15F3N2O2/c15-10-6-8(2-4-12(10)21-14(16)17)19-13(20)9-5-7-1-3-11(9)18-7/h2,4,6-7,9,11,14,18H,1,3,5H2,(H,19,20). The lowest BCUT2D eigenvalue weighted by Crippen LogP contribution is -2.32. The fraction of sp³-hybridized carbons (Fsp3) is 0.500. The van der Waals surface area contributed by atoms with Crippen LogP contribution in [0.4, 0.5) is 18.9 Å². The highest BCUT2D eigenvalue weighted by molar-refractivity contribution is 5.93. The summed E-state index contributed by atoms with van der Waals surface area (Å²) in [4.78, 5) is 12.2. The van der Waals surface area contributed by atoms with Crippen LogP contribution in [0.15, 0.2) is 18.2 Å². The molecule has 4 nitrogen and oxygen atoms in total. The Morgan fingerprint density at radius 1 is 1.38 bits per heavy atom. The Balaban J connectivity index is 1.65. The van der Waals surface area contributed by atoms with Gasteiger partial charge in [-0.05, 0) is 31.4 Å². The molecule has 1 aromatic carbocycles. The number of alkyl halides is 2. The molecule has 1 amide bonds. The van der Waals surface area contributed by atoms with Gasteiger partial charge in [0.05, 0.1) is 5.92 Å². The maximum atomic E-state index is 13.6. The number of hydrogen-bond acceptors (Lipinski definition) is 3. The van der Waals surface area contributed by atoms with Gasteiger partial charge in [0.1, 0.15) is 0 Å². The predicted octanol–water partition coefficient (Wildman–Crippen LogP) is 2.51. The van der Waals surface area contributed by atoms with Gasteiger partial charge in [0.2, 0.25) is 5.91 Å². The summed E-state index contributed by atoms with van der Waals surface area (Å²) in [5, 5.41) is 5.98. The first-order valence-electron chi connectivity index (χ1n) is 6.84. The Hall–Kier alpha value is -1.76. The molecule has 21 heavy (non-hydrogen) atoms. The molecule has 0 aromatic heterocycles. The Kier molecular flexibility index (Phi) is 3.75. The molecule has 2 aliphatic heterocycles. The van der Waals surface area contributed by atoms with Crippen LogP contribution in [-0.2, 0) is 4.79 Å². The van der Waals surface area contributed by atoms with Crippen LogP contribution in [0.1, 0.15) is 19.3 Å². The molecular formula is C14H15F3N2O2. The van der Waals surface area contributed by atoms with E-state index in [1.54, 1.807) is 0 Å². The van der Waals surface area contributed by atoms with Crippen LogP contribution >= 0.6 is 0 Å². The summed E-state index contributed by atoms with van der Waals surface area (Å²) in [6.45, 7) is -3.08. The lowest BCUT2D eigenvalue weighted by Gasteiger charge is -2.19. The van der Waals surface area contributed by atoms with E-state index in [2.05, 4.69) is 15.4 Å². The Morgan fingerprint density at radius 3 is 2.76 bits per heavy atom. The molecule has 3 rings (SSSR count). The zero-order valence-electron chi connectivity index (χ0n) is 11.1.